The van der Waals surface area contributed by atoms with Crippen molar-refractivity contribution in [3.63, 3.8) is 0 Å². The highest BCUT2D eigenvalue weighted by atomic mass is 35.5. The van der Waals surface area contributed by atoms with E-state index in [-0.39, 0.29) is 4.90 Å². The van der Waals surface area contributed by atoms with Gasteiger partial charge in [-0.15, -0.1) is 0 Å². The second kappa shape index (κ2) is 6.96. The van der Waals surface area contributed by atoms with Gasteiger partial charge in [0.1, 0.15) is 0 Å². The Bertz CT molecular complexity index is 686. The van der Waals surface area contributed by atoms with Crippen molar-refractivity contribution in [2.75, 3.05) is 10.8 Å². The second-order valence-electron chi connectivity index (χ2n) is 4.72. The Morgan fingerprint density at radius 3 is 2.38 bits per heavy atom. The van der Waals surface area contributed by atoms with Crippen LogP contribution in [0, 0.1) is 0 Å². The van der Waals surface area contributed by atoms with Gasteiger partial charge in [0.05, 0.1) is 10.6 Å². The molecule has 0 radical (unpaired) electrons. The first-order chi connectivity index (χ1) is 10.1. The quantitative estimate of drug-likeness (QED) is 0.793. The Morgan fingerprint density at radius 2 is 1.76 bits per heavy atom. The molecule has 21 heavy (non-hydrogen) atoms. The van der Waals surface area contributed by atoms with Gasteiger partial charge in [0, 0.05) is 11.6 Å². The maximum absolute atomic E-state index is 12.9. The number of rotatable bonds is 6. The molecular formula is C16H18ClNO2S. The molecule has 0 N–H and O–H groups in total. The lowest BCUT2D eigenvalue weighted by Gasteiger charge is -2.24. The molecule has 0 aromatic heterocycles. The third-order valence-electron chi connectivity index (χ3n) is 3.14. The molecule has 0 aliphatic heterocycles. The summed E-state index contributed by atoms with van der Waals surface area (Å²) < 4.78 is 27.2. The largest absolute Gasteiger partial charge is 0.266 e. The van der Waals surface area contributed by atoms with Gasteiger partial charge in [-0.3, -0.25) is 4.31 Å². The van der Waals surface area contributed by atoms with Crippen molar-refractivity contribution in [1.82, 2.24) is 0 Å². The first-order valence-corrected chi connectivity index (χ1v) is 8.71. The maximum atomic E-state index is 12.9. The number of nitrogens with zero attached hydrogens (tertiary/aromatic N) is 1. The van der Waals surface area contributed by atoms with E-state index >= 15 is 0 Å². The lowest BCUT2D eigenvalue weighted by molar-refractivity contribution is 0.588. The molecular weight excluding hydrogens is 306 g/mol. The molecule has 2 rings (SSSR count). The van der Waals surface area contributed by atoms with Crippen LogP contribution in [0.15, 0.2) is 59.5 Å². The van der Waals surface area contributed by atoms with E-state index in [0.29, 0.717) is 17.3 Å². The van der Waals surface area contributed by atoms with Crippen LogP contribution in [0.25, 0.3) is 0 Å². The minimum atomic E-state index is -3.60. The topological polar surface area (TPSA) is 37.4 Å². The summed E-state index contributed by atoms with van der Waals surface area (Å²) in [6, 6.07) is 15.5. The summed E-state index contributed by atoms with van der Waals surface area (Å²) in [6.45, 7) is 2.49. The van der Waals surface area contributed by atoms with Gasteiger partial charge in [0.25, 0.3) is 10.0 Å². The smallest absolute Gasteiger partial charge is 0.264 e. The zero-order valence-corrected chi connectivity index (χ0v) is 13.4. The molecule has 3 nitrogen and oxygen atoms in total. The Hall–Kier alpha value is -1.52. The van der Waals surface area contributed by atoms with E-state index < -0.39 is 10.0 Å². The van der Waals surface area contributed by atoms with Crippen LogP contribution in [0.3, 0.4) is 0 Å². The molecule has 2 aromatic carbocycles. The van der Waals surface area contributed by atoms with Crippen molar-refractivity contribution in [3.8, 4) is 0 Å². The van der Waals surface area contributed by atoms with E-state index in [9.17, 15) is 8.42 Å². The Kier molecular flexibility index (Phi) is 5.26. The van der Waals surface area contributed by atoms with Gasteiger partial charge in [-0.2, -0.15) is 0 Å². The molecule has 112 valence electrons. The van der Waals surface area contributed by atoms with Gasteiger partial charge in [0.2, 0.25) is 0 Å². The van der Waals surface area contributed by atoms with Crippen molar-refractivity contribution in [1.29, 1.82) is 0 Å². The molecule has 0 spiro atoms. The normalized spacial score (nSPS) is 11.3. The number of benzene rings is 2. The number of hydrogen-bond acceptors (Lipinski definition) is 2. The molecule has 0 amide bonds. The highest BCUT2D eigenvalue weighted by Crippen LogP contribution is 2.25. The van der Waals surface area contributed by atoms with Crippen LogP contribution in [0.5, 0.6) is 0 Å². The zero-order chi connectivity index (χ0) is 15.3. The number of unbranched alkanes of at least 4 members (excludes halogenated alkanes) is 1. The summed E-state index contributed by atoms with van der Waals surface area (Å²) in [5.41, 5.74) is 0.672. The maximum Gasteiger partial charge on any atom is 0.264 e. The summed E-state index contributed by atoms with van der Waals surface area (Å²) in [7, 11) is -3.60. The molecule has 0 bridgehead atoms. The first-order valence-electron chi connectivity index (χ1n) is 6.89. The monoisotopic (exact) mass is 323 g/mol. The summed E-state index contributed by atoms with van der Waals surface area (Å²) in [6.07, 6.45) is 1.73. The molecule has 0 aliphatic carbocycles. The fraction of sp³-hybridized carbons (Fsp3) is 0.250. The second-order valence-corrected chi connectivity index (χ2v) is 7.02. The minimum absolute atomic E-state index is 0.218. The van der Waals surface area contributed by atoms with Crippen LogP contribution < -0.4 is 4.31 Å². The van der Waals surface area contributed by atoms with Gasteiger partial charge < -0.3 is 0 Å². The lowest BCUT2D eigenvalue weighted by atomic mass is 10.3. The SMILES string of the molecule is CCCCN(c1ccccc1)S(=O)(=O)c1cccc(Cl)c1. The molecule has 0 atom stereocenters. The fourth-order valence-electron chi connectivity index (χ4n) is 2.04. The number of sulfonamides is 1. The molecule has 0 heterocycles. The Morgan fingerprint density at radius 1 is 1.05 bits per heavy atom. The Balaban J connectivity index is 2.44. The number of hydrogen-bond donors (Lipinski definition) is 0. The van der Waals surface area contributed by atoms with Crippen molar-refractivity contribution < 1.29 is 8.42 Å². The first kappa shape index (κ1) is 15.9. The van der Waals surface area contributed by atoms with Crippen molar-refractivity contribution in [2.45, 2.75) is 24.7 Å². The standard InChI is InChI=1S/C16H18ClNO2S/c1-2-3-12-18(15-9-5-4-6-10-15)21(19,20)16-11-7-8-14(17)13-16/h4-11,13H,2-3,12H2,1H3. The number of anilines is 1. The molecule has 0 aliphatic rings. The van der Waals surface area contributed by atoms with E-state index in [1.54, 1.807) is 30.3 Å². The predicted octanol–water partition coefficient (Wildman–Crippen LogP) is 4.34. The lowest BCUT2D eigenvalue weighted by Crippen LogP contribution is -2.32. The van der Waals surface area contributed by atoms with Crippen LogP contribution >= 0.6 is 11.6 Å². The van der Waals surface area contributed by atoms with E-state index in [1.165, 1.54) is 10.4 Å². The van der Waals surface area contributed by atoms with E-state index in [1.807, 2.05) is 25.1 Å². The highest BCUT2D eigenvalue weighted by Gasteiger charge is 2.24. The van der Waals surface area contributed by atoms with E-state index in [0.717, 1.165) is 12.8 Å². The summed E-state index contributed by atoms with van der Waals surface area (Å²) in [5.74, 6) is 0. The summed E-state index contributed by atoms with van der Waals surface area (Å²) in [5, 5.41) is 0.416. The van der Waals surface area contributed by atoms with Crippen LogP contribution in [-0.2, 0) is 10.0 Å². The molecule has 2 aromatic rings. The van der Waals surface area contributed by atoms with Gasteiger partial charge >= 0.3 is 0 Å². The fourth-order valence-corrected chi connectivity index (χ4v) is 3.84. The predicted molar refractivity (Wildman–Crippen MR) is 87.3 cm³/mol. The van der Waals surface area contributed by atoms with Crippen LogP contribution in [0.1, 0.15) is 19.8 Å². The van der Waals surface area contributed by atoms with Crippen LogP contribution in [-0.4, -0.2) is 15.0 Å². The van der Waals surface area contributed by atoms with E-state index in [4.69, 9.17) is 11.6 Å². The summed E-state index contributed by atoms with van der Waals surface area (Å²) >= 11 is 5.92. The van der Waals surface area contributed by atoms with Crippen molar-refractivity contribution in [3.05, 3.63) is 59.6 Å². The van der Waals surface area contributed by atoms with Crippen LogP contribution in [0.2, 0.25) is 5.02 Å². The minimum Gasteiger partial charge on any atom is -0.266 e. The van der Waals surface area contributed by atoms with Gasteiger partial charge in [-0.05, 0) is 36.8 Å². The third-order valence-corrected chi connectivity index (χ3v) is 5.20. The van der Waals surface area contributed by atoms with E-state index in [2.05, 4.69) is 0 Å². The van der Waals surface area contributed by atoms with Gasteiger partial charge in [-0.25, -0.2) is 8.42 Å². The molecule has 5 heteroatoms. The molecule has 0 fully saturated rings. The van der Waals surface area contributed by atoms with Crippen molar-refractivity contribution >= 4 is 27.3 Å². The van der Waals surface area contributed by atoms with Gasteiger partial charge in [-0.1, -0.05) is 49.2 Å². The molecule has 0 saturated carbocycles. The number of para-hydroxylation sites is 1. The molecule has 0 unspecified atom stereocenters. The zero-order valence-electron chi connectivity index (χ0n) is 11.9. The highest BCUT2D eigenvalue weighted by molar-refractivity contribution is 7.92. The van der Waals surface area contributed by atoms with Crippen LogP contribution in [0.4, 0.5) is 5.69 Å². The average Bonchev–Trinajstić information content (AvgIpc) is 2.48. The number of halogens is 1. The molecule has 0 saturated heterocycles. The third kappa shape index (κ3) is 3.77. The Labute approximate surface area is 131 Å². The van der Waals surface area contributed by atoms with Crippen molar-refractivity contribution in [2.24, 2.45) is 0 Å². The van der Waals surface area contributed by atoms with Gasteiger partial charge in [0.15, 0.2) is 0 Å². The summed E-state index contributed by atoms with van der Waals surface area (Å²) in [4.78, 5) is 0.218. The average molecular weight is 324 g/mol.